The van der Waals surface area contributed by atoms with Crippen LogP contribution in [0.4, 0.5) is 0 Å². The zero-order valence-corrected chi connectivity index (χ0v) is 20.5. The van der Waals surface area contributed by atoms with Crippen LogP contribution < -0.4 is 5.32 Å². The minimum absolute atomic E-state index is 0.00938. The first kappa shape index (κ1) is 23.6. The van der Waals surface area contributed by atoms with E-state index in [1.807, 2.05) is 37.1 Å². The number of aryl methyl sites for hydroxylation is 2. The number of hydrogen-bond acceptors (Lipinski definition) is 7. The van der Waals surface area contributed by atoms with Crippen LogP contribution in [-0.2, 0) is 19.1 Å². The maximum Gasteiger partial charge on any atom is 0.338 e. The highest BCUT2D eigenvalue weighted by atomic mass is 32.2. The lowest BCUT2D eigenvalue weighted by molar-refractivity contribution is -0.141. The number of amidine groups is 1. The Labute approximate surface area is 199 Å². The zero-order chi connectivity index (χ0) is 23.5. The van der Waals surface area contributed by atoms with Gasteiger partial charge in [-0.15, -0.1) is 0 Å². The minimum Gasteiger partial charge on any atom is -0.460 e. The highest BCUT2D eigenvalue weighted by Gasteiger charge is 2.41. The largest absolute Gasteiger partial charge is 0.460 e. The molecule has 1 saturated carbocycles. The fourth-order valence-corrected chi connectivity index (χ4v) is 5.12. The van der Waals surface area contributed by atoms with Gasteiger partial charge in [0.25, 0.3) is 0 Å². The Balaban J connectivity index is 1.66. The number of methoxy groups -OCH3 is 1. The number of amides is 1. The number of thioether (sulfide) groups is 1. The molecule has 0 aromatic heterocycles. The lowest BCUT2D eigenvalue weighted by atomic mass is 9.90. The fraction of sp³-hybridized carbons (Fsp3) is 0.480. The number of ether oxygens (including phenoxy) is 2. The van der Waals surface area contributed by atoms with Crippen molar-refractivity contribution in [2.75, 3.05) is 26.9 Å². The third-order valence-electron chi connectivity index (χ3n) is 6.09. The van der Waals surface area contributed by atoms with Crippen molar-refractivity contribution in [1.82, 2.24) is 10.2 Å². The van der Waals surface area contributed by atoms with Gasteiger partial charge in [0.15, 0.2) is 5.17 Å². The number of nitrogens with one attached hydrogen (secondary N) is 1. The van der Waals surface area contributed by atoms with E-state index in [4.69, 9.17) is 14.5 Å². The molecule has 3 aliphatic rings. The first-order chi connectivity index (χ1) is 15.9. The lowest BCUT2D eigenvalue weighted by Crippen LogP contribution is -2.38. The topological polar surface area (TPSA) is 80.2 Å². The van der Waals surface area contributed by atoms with Crippen LogP contribution in [0.5, 0.6) is 0 Å². The molecular formula is C25H31N3O4S. The summed E-state index contributed by atoms with van der Waals surface area (Å²) < 4.78 is 10.6. The highest BCUT2D eigenvalue weighted by Crippen LogP contribution is 2.45. The van der Waals surface area contributed by atoms with Crippen molar-refractivity contribution in [3.05, 3.63) is 57.3 Å². The minimum atomic E-state index is -0.411. The number of fused-ring (bicyclic) bond motifs is 1. The van der Waals surface area contributed by atoms with E-state index >= 15 is 0 Å². The second-order valence-electron chi connectivity index (χ2n) is 8.81. The number of esters is 1. The smallest absolute Gasteiger partial charge is 0.338 e. The van der Waals surface area contributed by atoms with Crippen LogP contribution in [-0.4, -0.2) is 48.8 Å². The van der Waals surface area contributed by atoms with Crippen LogP contribution in [0.2, 0.25) is 0 Å². The van der Waals surface area contributed by atoms with Crippen molar-refractivity contribution < 1.29 is 19.1 Å². The first-order valence-corrected chi connectivity index (χ1v) is 12.2. The zero-order valence-electron chi connectivity index (χ0n) is 19.6. The summed E-state index contributed by atoms with van der Waals surface area (Å²) in [4.78, 5) is 32.6. The van der Waals surface area contributed by atoms with Crippen LogP contribution in [0.15, 0.2) is 45.6 Å². The molecule has 0 saturated heterocycles. The van der Waals surface area contributed by atoms with E-state index in [0.717, 1.165) is 34.1 Å². The monoisotopic (exact) mass is 469 g/mol. The van der Waals surface area contributed by atoms with Gasteiger partial charge in [0, 0.05) is 19.4 Å². The summed E-state index contributed by atoms with van der Waals surface area (Å²) in [6.45, 7) is 7.17. The Bertz CT molecular complexity index is 1040. The molecular weight excluding hydrogens is 438 g/mol. The Kier molecular flexibility index (Phi) is 7.24. The molecule has 1 aliphatic carbocycles. The molecule has 2 aliphatic heterocycles. The summed E-state index contributed by atoms with van der Waals surface area (Å²) in [7, 11) is 1.57. The predicted molar refractivity (Wildman–Crippen MR) is 129 cm³/mol. The van der Waals surface area contributed by atoms with Gasteiger partial charge in [-0.1, -0.05) is 35.5 Å². The van der Waals surface area contributed by atoms with Gasteiger partial charge in [0.1, 0.15) is 6.61 Å². The van der Waals surface area contributed by atoms with Crippen LogP contribution in [0, 0.1) is 19.8 Å². The van der Waals surface area contributed by atoms with Crippen molar-refractivity contribution in [3.63, 3.8) is 0 Å². The molecule has 2 heterocycles. The molecule has 33 heavy (non-hydrogen) atoms. The molecule has 1 N–H and O–H groups in total. The lowest BCUT2D eigenvalue weighted by Gasteiger charge is -2.37. The number of nitrogens with zero attached hydrogens (tertiary/aromatic N) is 2. The maximum absolute atomic E-state index is 13.2. The second-order valence-corrected chi connectivity index (χ2v) is 9.64. The highest BCUT2D eigenvalue weighted by molar-refractivity contribution is 8.16. The van der Waals surface area contributed by atoms with Gasteiger partial charge < -0.3 is 19.7 Å². The third kappa shape index (κ3) is 5.33. The summed E-state index contributed by atoms with van der Waals surface area (Å²) in [5.74, 6) is 0.201. The van der Waals surface area contributed by atoms with Gasteiger partial charge in [0.05, 0.1) is 30.3 Å². The molecule has 0 radical (unpaired) electrons. The van der Waals surface area contributed by atoms with Crippen molar-refractivity contribution >= 4 is 28.8 Å². The Hall–Kier alpha value is -2.58. The molecule has 176 valence electrons. The third-order valence-corrected chi connectivity index (χ3v) is 6.98. The van der Waals surface area contributed by atoms with Crippen LogP contribution in [0.1, 0.15) is 48.9 Å². The number of allylic oxidation sites excluding steroid dienone is 1. The Morgan fingerprint density at radius 3 is 2.70 bits per heavy atom. The van der Waals surface area contributed by atoms with Crippen molar-refractivity contribution in [3.8, 4) is 0 Å². The predicted octanol–water partition coefficient (Wildman–Crippen LogP) is 3.98. The van der Waals surface area contributed by atoms with Gasteiger partial charge in [-0.05, 0) is 56.1 Å². The average molecular weight is 470 g/mol. The van der Waals surface area contributed by atoms with Crippen molar-refractivity contribution in [2.45, 2.75) is 46.1 Å². The molecule has 8 heteroatoms. The summed E-state index contributed by atoms with van der Waals surface area (Å²) in [6, 6.07) is 5.80. The molecule has 1 amide bonds. The fourth-order valence-electron chi connectivity index (χ4n) is 4.16. The van der Waals surface area contributed by atoms with E-state index in [1.54, 1.807) is 7.11 Å². The molecule has 4 rings (SSSR count). The van der Waals surface area contributed by atoms with Crippen molar-refractivity contribution in [2.24, 2.45) is 10.9 Å². The molecule has 0 bridgehead atoms. The summed E-state index contributed by atoms with van der Waals surface area (Å²) in [5.41, 5.74) is 5.19. The van der Waals surface area contributed by atoms with Crippen LogP contribution in [0.3, 0.4) is 0 Å². The second kappa shape index (κ2) is 10.1. The van der Waals surface area contributed by atoms with Gasteiger partial charge in [-0.2, -0.15) is 0 Å². The molecule has 0 spiro atoms. The van der Waals surface area contributed by atoms with Gasteiger partial charge in [0.2, 0.25) is 5.91 Å². The number of hydrogen-bond donors (Lipinski definition) is 1. The average Bonchev–Trinajstić information content (AvgIpc) is 3.52. The molecule has 1 fully saturated rings. The van der Waals surface area contributed by atoms with Gasteiger partial charge >= 0.3 is 5.97 Å². The van der Waals surface area contributed by atoms with E-state index in [-0.39, 0.29) is 18.9 Å². The quantitative estimate of drug-likeness (QED) is 0.435. The van der Waals surface area contributed by atoms with Gasteiger partial charge in [-0.3, -0.25) is 4.79 Å². The van der Waals surface area contributed by atoms with E-state index < -0.39 is 12.0 Å². The molecule has 7 nitrogen and oxygen atoms in total. The summed E-state index contributed by atoms with van der Waals surface area (Å²) in [6.07, 6.45) is 2.62. The van der Waals surface area contributed by atoms with Crippen LogP contribution >= 0.6 is 11.8 Å². The summed E-state index contributed by atoms with van der Waals surface area (Å²) >= 11 is 1.49. The molecule has 1 unspecified atom stereocenters. The van der Waals surface area contributed by atoms with E-state index in [0.29, 0.717) is 23.8 Å². The number of benzene rings is 1. The number of carbonyl (C=O) groups is 2. The van der Waals surface area contributed by atoms with E-state index in [1.165, 1.54) is 24.6 Å². The van der Waals surface area contributed by atoms with Crippen LogP contribution in [0.25, 0.3) is 0 Å². The Morgan fingerprint density at radius 2 is 2.00 bits per heavy atom. The summed E-state index contributed by atoms with van der Waals surface area (Å²) in [5, 5.41) is 5.79. The van der Waals surface area contributed by atoms with E-state index in [9.17, 15) is 9.59 Å². The number of aliphatic imine (C=N–C) groups is 1. The Morgan fingerprint density at radius 1 is 1.21 bits per heavy atom. The number of rotatable bonds is 9. The van der Waals surface area contributed by atoms with Gasteiger partial charge in [-0.25, -0.2) is 9.79 Å². The van der Waals surface area contributed by atoms with Crippen molar-refractivity contribution in [1.29, 1.82) is 0 Å². The first-order valence-electron chi connectivity index (χ1n) is 11.3. The standard InChI is InChI=1S/C25H31N3O4S/c1-15-5-8-20(16(2)11-15)23-22(24(30)32-10-9-31-4)17(3)27-25-28(23)19(14-33-25)12-21(29)26-13-18-6-7-18/h5,8,11,14,18,23H,6-7,9-10,12-13H2,1-4H3,(H,26,29). The maximum atomic E-state index is 13.2. The normalized spacial score (nSPS) is 19.8. The molecule has 1 aromatic rings. The molecule has 1 atom stereocenters. The SMILES string of the molecule is COCCOC(=O)C1=C(C)N=C2SC=C(CC(=O)NCC3CC3)N2C1c1ccc(C)cc1C. The molecule has 1 aromatic carbocycles. The number of carbonyl (C=O) groups excluding carboxylic acids is 2. The van der Waals surface area contributed by atoms with E-state index in [2.05, 4.69) is 17.4 Å².